The first-order valence-electron chi connectivity index (χ1n) is 3.96. The van der Waals surface area contributed by atoms with Gasteiger partial charge >= 0.3 is 0 Å². The van der Waals surface area contributed by atoms with Crippen molar-refractivity contribution in [1.82, 2.24) is 4.98 Å². The molecule has 3 nitrogen and oxygen atoms in total. The number of benzene rings is 1. The molecule has 13 heavy (non-hydrogen) atoms. The molecule has 0 bridgehead atoms. The standard InChI is InChI=1S/C10H9N3/c11-10(12)9-6-13-5-7-3-1-2-4-8(7)9/h1-6H,(H3,11,12). The molecule has 0 spiro atoms. The molecular weight excluding hydrogens is 162 g/mol. The van der Waals surface area contributed by atoms with Crippen molar-refractivity contribution in [2.24, 2.45) is 5.73 Å². The molecule has 2 rings (SSSR count). The predicted octanol–water partition coefficient (Wildman–Crippen LogP) is 1.52. The number of nitrogens with one attached hydrogen (secondary N) is 1. The average molecular weight is 171 g/mol. The van der Waals surface area contributed by atoms with E-state index >= 15 is 0 Å². The Balaban J connectivity index is 2.83. The number of fused-ring (bicyclic) bond motifs is 1. The number of nitrogen functional groups attached to an aromatic ring is 1. The molecule has 0 radical (unpaired) electrons. The SMILES string of the molecule is N=C(N)c1cncc2ccccc12. The first kappa shape index (κ1) is 7.73. The molecule has 1 aromatic heterocycles. The van der Waals surface area contributed by atoms with Crippen molar-refractivity contribution in [1.29, 1.82) is 5.41 Å². The van der Waals surface area contributed by atoms with Crippen LogP contribution in [0.25, 0.3) is 10.8 Å². The Bertz CT molecular complexity index is 457. The van der Waals surface area contributed by atoms with Crippen molar-refractivity contribution in [3.63, 3.8) is 0 Å². The summed E-state index contributed by atoms with van der Waals surface area (Å²) in [5.74, 6) is 0.0595. The summed E-state index contributed by atoms with van der Waals surface area (Å²) in [4.78, 5) is 4.01. The van der Waals surface area contributed by atoms with Gasteiger partial charge in [-0.25, -0.2) is 0 Å². The van der Waals surface area contributed by atoms with Crippen LogP contribution in [0.2, 0.25) is 0 Å². The summed E-state index contributed by atoms with van der Waals surface area (Å²) in [6.45, 7) is 0. The lowest BCUT2D eigenvalue weighted by Gasteiger charge is -2.02. The van der Waals surface area contributed by atoms with E-state index in [4.69, 9.17) is 11.1 Å². The van der Waals surface area contributed by atoms with E-state index in [0.29, 0.717) is 5.56 Å². The van der Waals surface area contributed by atoms with Crippen molar-refractivity contribution in [2.75, 3.05) is 0 Å². The van der Waals surface area contributed by atoms with Gasteiger partial charge in [-0.2, -0.15) is 0 Å². The topological polar surface area (TPSA) is 62.8 Å². The molecule has 3 heteroatoms. The highest BCUT2D eigenvalue weighted by Crippen LogP contribution is 2.15. The van der Waals surface area contributed by atoms with Gasteiger partial charge in [0.2, 0.25) is 0 Å². The van der Waals surface area contributed by atoms with Crippen LogP contribution in [0.5, 0.6) is 0 Å². The van der Waals surface area contributed by atoms with E-state index < -0.39 is 0 Å². The Labute approximate surface area is 75.7 Å². The van der Waals surface area contributed by atoms with Crippen molar-refractivity contribution < 1.29 is 0 Å². The molecule has 0 unspecified atom stereocenters. The molecule has 0 saturated heterocycles. The highest BCUT2D eigenvalue weighted by molar-refractivity contribution is 6.06. The molecule has 64 valence electrons. The Morgan fingerprint density at radius 2 is 2.00 bits per heavy atom. The molecule has 1 heterocycles. The first-order chi connectivity index (χ1) is 6.29. The van der Waals surface area contributed by atoms with Crippen LogP contribution in [-0.4, -0.2) is 10.8 Å². The number of aromatic nitrogens is 1. The highest BCUT2D eigenvalue weighted by Gasteiger charge is 2.02. The van der Waals surface area contributed by atoms with E-state index in [1.807, 2.05) is 24.3 Å². The van der Waals surface area contributed by atoms with Gasteiger partial charge in [-0.15, -0.1) is 0 Å². The van der Waals surface area contributed by atoms with Gasteiger partial charge in [0.25, 0.3) is 0 Å². The van der Waals surface area contributed by atoms with Gasteiger partial charge in [-0.3, -0.25) is 10.4 Å². The normalized spacial score (nSPS) is 10.2. The lowest BCUT2D eigenvalue weighted by molar-refractivity contribution is 1.33. The van der Waals surface area contributed by atoms with Gasteiger partial charge < -0.3 is 5.73 Å². The van der Waals surface area contributed by atoms with Crippen LogP contribution in [-0.2, 0) is 0 Å². The van der Waals surface area contributed by atoms with Crippen LogP contribution >= 0.6 is 0 Å². The second kappa shape index (κ2) is 2.86. The molecule has 0 aliphatic rings. The monoisotopic (exact) mass is 171 g/mol. The van der Waals surface area contributed by atoms with Crippen molar-refractivity contribution >= 4 is 16.6 Å². The predicted molar refractivity (Wildman–Crippen MR) is 52.8 cm³/mol. The third kappa shape index (κ3) is 1.24. The molecule has 1 aromatic carbocycles. The first-order valence-corrected chi connectivity index (χ1v) is 3.96. The second-order valence-corrected chi connectivity index (χ2v) is 2.82. The van der Waals surface area contributed by atoms with Gasteiger partial charge in [0, 0.05) is 23.3 Å². The van der Waals surface area contributed by atoms with Gasteiger partial charge in [0.1, 0.15) is 5.84 Å². The second-order valence-electron chi connectivity index (χ2n) is 2.82. The maximum atomic E-state index is 7.36. The minimum Gasteiger partial charge on any atom is -0.384 e. The van der Waals surface area contributed by atoms with Gasteiger partial charge in [-0.1, -0.05) is 24.3 Å². The summed E-state index contributed by atoms with van der Waals surface area (Å²) in [5, 5.41) is 9.34. The zero-order valence-corrected chi connectivity index (χ0v) is 6.99. The number of amidine groups is 1. The quantitative estimate of drug-likeness (QED) is 0.504. The number of hydrogen-bond acceptors (Lipinski definition) is 2. The summed E-state index contributed by atoms with van der Waals surface area (Å²) in [6.07, 6.45) is 3.38. The maximum Gasteiger partial charge on any atom is 0.124 e. The Morgan fingerprint density at radius 3 is 2.77 bits per heavy atom. The number of hydrogen-bond donors (Lipinski definition) is 2. The fourth-order valence-corrected chi connectivity index (χ4v) is 1.33. The van der Waals surface area contributed by atoms with Crippen LogP contribution in [0.15, 0.2) is 36.7 Å². The van der Waals surface area contributed by atoms with Gasteiger partial charge in [0.05, 0.1) is 0 Å². The number of pyridine rings is 1. The molecule has 0 aliphatic heterocycles. The summed E-state index contributed by atoms with van der Waals surface area (Å²) in [5.41, 5.74) is 6.12. The van der Waals surface area contributed by atoms with Crippen LogP contribution in [0.1, 0.15) is 5.56 Å². The number of nitrogens with zero attached hydrogens (tertiary/aromatic N) is 1. The summed E-state index contributed by atoms with van der Waals surface area (Å²) >= 11 is 0. The number of rotatable bonds is 1. The lowest BCUT2D eigenvalue weighted by Crippen LogP contribution is -2.11. The van der Waals surface area contributed by atoms with Crippen LogP contribution in [0.3, 0.4) is 0 Å². The smallest absolute Gasteiger partial charge is 0.124 e. The van der Waals surface area contributed by atoms with Crippen LogP contribution < -0.4 is 5.73 Å². The average Bonchev–Trinajstić information content (AvgIpc) is 2.17. The van der Waals surface area contributed by atoms with Gasteiger partial charge in [-0.05, 0) is 5.39 Å². The zero-order chi connectivity index (χ0) is 9.26. The summed E-state index contributed by atoms with van der Waals surface area (Å²) in [7, 11) is 0. The van der Waals surface area contributed by atoms with Crippen molar-refractivity contribution in [3.05, 3.63) is 42.2 Å². The molecule has 0 aliphatic carbocycles. The highest BCUT2D eigenvalue weighted by atomic mass is 14.7. The molecule has 0 atom stereocenters. The minimum absolute atomic E-state index is 0.0595. The third-order valence-electron chi connectivity index (χ3n) is 1.96. The Morgan fingerprint density at radius 1 is 1.23 bits per heavy atom. The van der Waals surface area contributed by atoms with Crippen LogP contribution in [0, 0.1) is 5.41 Å². The van der Waals surface area contributed by atoms with E-state index in [9.17, 15) is 0 Å². The van der Waals surface area contributed by atoms with Crippen molar-refractivity contribution in [2.45, 2.75) is 0 Å². The molecular formula is C10H9N3. The van der Waals surface area contributed by atoms with E-state index in [-0.39, 0.29) is 5.84 Å². The fraction of sp³-hybridized carbons (Fsp3) is 0. The Hall–Kier alpha value is -1.90. The fourth-order valence-electron chi connectivity index (χ4n) is 1.33. The molecule has 3 N–H and O–H groups in total. The van der Waals surface area contributed by atoms with E-state index in [1.54, 1.807) is 12.4 Å². The van der Waals surface area contributed by atoms with E-state index in [0.717, 1.165) is 10.8 Å². The molecule has 0 saturated carbocycles. The van der Waals surface area contributed by atoms with Gasteiger partial charge in [0.15, 0.2) is 0 Å². The third-order valence-corrected chi connectivity index (χ3v) is 1.96. The number of nitrogens with two attached hydrogens (primary N) is 1. The summed E-state index contributed by atoms with van der Waals surface area (Å²) < 4.78 is 0. The molecule has 2 aromatic rings. The largest absolute Gasteiger partial charge is 0.384 e. The lowest BCUT2D eigenvalue weighted by atomic mass is 10.1. The summed E-state index contributed by atoms with van der Waals surface area (Å²) in [6, 6.07) is 7.76. The van der Waals surface area contributed by atoms with E-state index in [1.165, 1.54) is 0 Å². The maximum absolute atomic E-state index is 7.36. The molecule has 0 fully saturated rings. The molecule has 0 amide bonds. The zero-order valence-electron chi connectivity index (χ0n) is 6.99. The van der Waals surface area contributed by atoms with Crippen molar-refractivity contribution in [3.8, 4) is 0 Å². The minimum atomic E-state index is 0.0595. The Kier molecular flexibility index (Phi) is 1.70. The van der Waals surface area contributed by atoms with Crippen LogP contribution in [0.4, 0.5) is 0 Å². The van der Waals surface area contributed by atoms with E-state index in [2.05, 4.69) is 4.98 Å².